The molecule has 0 aromatic carbocycles. The molecule has 1 aliphatic carbocycles. The maximum atomic E-state index is 12.7. The number of carboxylic acids is 1. The number of nitrogens with one attached hydrogen (secondary N) is 3. The zero-order valence-electron chi connectivity index (χ0n) is 26.6. The number of aryl methyl sites for hydroxylation is 1. The number of Topliss-reactive ketones (excluding diaryl/α,β-unsaturated/α-hetero) is 1. The number of carbonyl (C=O) groups excluding carboxylic acids is 1. The fraction of sp³-hybridized carbons (Fsp3) is 0.742. The Kier molecular flexibility index (Phi) is 14.2. The minimum atomic E-state index is -0.998. The van der Waals surface area contributed by atoms with Crippen LogP contribution in [0.1, 0.15) is 89.2 Å². The zero-order chi connectivity index (χ0) is 31.9. The van der Waals surface area contributed by atoms with E-state index in [0.29, 0.717) is 57.1 Å². The van der Waals surface area contributed by atoms with Crippen LogP contribution in [0.25, 0.3) is 0 Å². The van der Waals surface area contributed by atoms with Crippen molar-refractivity contribution in [3.63, 3.8) is 0 Å². The second-order valence-corrected chi connectivity index (χ2v) is 12.5. The molecule has 14 nitrogen and oxygen atoms in total. The predicted molar refractivity (Wildman–Crippen MR) is 175 cm³/mol. The lowest BCUT2D eigenvalue weighted by Crippen LogP contribution is -2.37. The lowest BCUT2D eigenvalue weighted by molar-refractivity contribution is -0.138. The van der Waals surface area contributed by atoms with Crippen molar-refractivity contribution in [2.24, 2.45) is 11.7 Å². The molecule has 2 fully saturated rings. The summed E-state index contributed by atoms with van der Waals surface area (Å²) in [4.78, 5) is 34.7. The molecule has 8 N–H and O–H groups in total. The second-order valence-electron chi connectivity index (χ2n) is 12.5. The van der Waals surface area contributed by atoms with Crippen LogP contribution in [0.2, 0.25) is 0 Å². The first-order valence-corrected chi connectivity index (χ1v) is 16.8. The molecule has 3 heterocycles. The third-order valence-electron chi connectivity index (χ3n) is 8.84. The summed E-state index contributed by atoms with van der Waals surface area (Å²) in [6, 6.07) is 1.63. The average molecular weight is 628 g/mol. The number of carbonyl (C=O) groups is 2. The summed E-state index contributed by atoms with van der Waals surface area (Å²) in [7, 11) is 0. The van der Waals surface area contributed by atoms with Crippen LogP contribution in [-0.4, -0.2) is 86.6 Å². The lowest BCUT2D eigenvalue weighted by atomic mass is 9.89. The van der Waals surface area contributed by atoms with Gasteiger partial charge in [0, 0.05) is 44.1 Å². The molecule has 1 aliphatic heterocycles. The normalized spacial score (nSPS) is 17.0. The minimum Gasteiger partial charge on any atom is -0.480 e. The van der Waals surface area contributed by atoms with E-state index in [1.807, 2.05) is 10.9 Å². The molecular formula is C31H53N11O3. The Balaban J connectivity index is 1.10. The number of hydrogen-bond acceptors (Lipinski definition) is 12. The number of carboxylic acid groups (broad SMARTS) is 1. The van der Waals surface area contributed by atoms with Crippen molar-refractivity contribution in [3.8, 4) is 0 Å². The highest BCUT2D eigenvalue weighted by molar-refractivity contribution is 5.81. The fourth-order valence-electron chi connectivity index (χ4n) is 6.13. The molecule has 14 heteroatoms. The molecule has 1 saturated carbocycles. The van der Waals surface area contributed by atoms with E-state index in [2.05, 4.69) is 41.1 Å². The van der Waals surface area contributed by atoms with Crippen LogP contribution in [-0.2, 0) is 22.7 Å². The Labute approximate surface area is 266 Å². The number of ketones is 1. The van der Waals surface area contributed by atoms with Gasteiger partial charge in [0.25, 0.3) is 0 Å². The number of hydrogen-bond donors (Lipinski definition) is 6. The molecule has 0 bridgehead atoms. The largest absolute Gasteiger partial charge is 0.480 e. The fourth-order valence-corrected chi connectivity index (χ4v) is 6.13. The van der Waals surface area contributed by atoms with Gasteiger partial charge in [0.05, 0.1) is 12.7 Å². The molecule has 2 aliphatic rings. The quantitative estimate of drug-likeness (QED) is 0.117. The number of rotatable bonds is 20. The van der Waals surface area contributed by atoms with Crippen molar-refractivity contribution >= 4 is 29.3 Å². The van der Waals surface area contributed by atoms with Crippen molar-refractivity contribution in [1.82, 2.24) is 35.6 Å². The molecule has 0 unspecified atom stereocenters. The van der Waals surface area contributed by atoms with E-state index in [9.17, 15) is 9.59 Å². The molecule has 0 spiro atoms. The van der Waals surface area contributed by atoms with Crippen molar-refractivity contribution in [3.05, 3.63) is 18.0 Å². The van der Waals surface area contributed by atoms with Gasteiger partial charge in [-0.2, -0.15) is 9.97 Å². The highest BCUT2D eigenvalue weighted by Gasteiger charge is 2.26. The number of anilines is 3. The number of piperidine rings is 1. The van der Waals surface area contributed by atoms with Gasteiger partial charge in [0.15, 0.2) is 0 Å². The number of nitrogens with zero attached hydrogens (tertiary/aromatic N) is 6. The van der Waals surface area contributed by atoms with Crippen molar-refractivity contribution in [2.75, 3.05) is 48.7 Å². The van der Waals surface area contributed by atoms with Crippen LogP contribution in [0.15, 0.2) is 12.3 Å². The molecule has 0 radical (unpaired) electrons. The Morgan fingerprint density at radius 1 is 1.00 bits per heavy atom. The first-order valence-electron chi connectivity index (χ1n) is 16.8. The van der Waals surface area contributed by atoms with Crippen LogP contribution < -0.4 is 32.3 Å². The van der Waals surface area contributed by atoms with Crippen LogP contribution in [0.3, 0.4) is 0 Å². The monoisotopic (exact) mass is 627 g/mol. The van der Waals surface area contributed by atoms with Crippen LogP contribution in [0, 0.1) is 5.92 Å². The smallest absolute Gasteiger partial charge is 0.320 e. The number of unbranched alkanes of at least 4 members (excludes halogenated alkanes) is 1. The van der Waals surface area contributed by atoms with E-state index in [4.69, 9.17) is 16.6 Å². The van der Waals surface area contributed by atoms with Crippen LogP contribution in [0.4, 0.5) is 17.6 Å². The number of aliphatic carboxylic acids is 1. The molecule has 1 atom stereocenters. The van der Waals surface area contributed by atoms with Gasteiger partial charge in [0.2, 0.25) is 5.95 Å². The molecular weight excluding hydrogens is 574 g/mol. The lowest BCUT2D eigenvalue weighted by Gasteiger charge is -2.32. The molecule has 45 heavy (non-hydrogen) atoms. The number of nitrogen functional groups attached to an aromatic ring is 1. The van der Waals surface area contributed by atoms with E-state index >= 15 is 0 Å². The molecule has 250 valence electrons. The predicted octanol–water partition coefficient (Wildman–Crippen LogP) is 2.31. The van der Waals surface area contributed by atoms with Gasteiger partial charge < -0.3 is 37.4 Å². The topological polar surface area (TPSA) is 202 Å². The Morgan fingerprint density at radius 2 is 1.78 bits per heavy atom. The third kappa shape index (κ3) is 12.2. The van der Waals surface area contributed by atoms with Gasteiger partial charge in [-0.05, 0) is 71.0 Å². The summed E-state index contributed by atoms with van der Waals surface area (Å²) < 4.78 is 1.87. The van der Waals surface area contributed by atoms with Gasteiger partial charge in [-0.3, -0.25) is 14.3 Å². The van der Waals surface area contributed by atoms with Gasteiger partial charge >= 0.3 is 5.97 Å². The molecule has 0 amide bonds. The van der Waals surface area contributed by atoms with Gasteiger partial charge in [0.1, 0.15) is 29.2 Å². The average Bonchev–Trinajstić information content (AvgIpc) is 3.51. The molecule has 1 saturated heterocycles. The molecule has 4 rings (SSSR count). The second kappa shape index (κ2) is 18.6. The number of nitrogens with two attached hydrogens (primary N) is 2. The van der Waals surface area contributed by atoms with Crippen LogP contribution >= 0.6 is 0 Å². The van der Waals surface area contributed by atoms with Crippen molar-refractivity contribution < 1.29 is 14.7 Å². The van der Waals surface area contributed by atoms with Crippen molar-refractivity contribution in [1.29, 1.82) is 0 Å². The third-order valence-corrected chi connectivity index (χ3v) is 8.84. The van der Waals surface area contributed by atoms with E-state index in [0.717, 1.165) is 69.4 Å². The van der Waals surface area contributed by atoms with Gasteiger partial charge in [-0.15, -0.1) is 5.10 Å². The van der Waals surface area contributed by atoms with Crippen molar-refractivity contribution in [2.45, 2.75) is 109 Å². The Morgan fingerprint density at radius 3 is 2.56 bits per heavy atom. The van der Waals surface area contributed by atoms with Crippen LogP contribution in [0.5, 0.6) is 0 Å². The summed E-state index contributed by atoms with van der Waals surface area (Å²) in [5.74, 6) is 0.797. The summed E-state index contributed by atoms with van der Waals surface area (Å²) in [5.41, 5.74) is 12.4. The molecule has 2 aromatic rings. The zero-order valence-corrected chi connectivity index (χ0v) is 26.6. The minimum absolute atomic E-state index is 0.0119. The maximum Gasteiger partial charge on any atom is 0.320 e. The first-order chi connectivity index (χ1) is 21.9. The first kappa shape index (κ1) is 34.5. The SMILES string of the molecule is Nc1cc(N2CCC(C(=O)CCCC[C@H](N)C(=O)O)CC2)nc(NCc2cn(CCCNCCCNC3CCCCC3)nn2)n1. The summed E-state index contributed by atoms with van der Waals surface area (Å²) in [6.07, 6.45) is 14.5. The summed E-state index contributed by atoms with van der Waals surface area (Å²) in [6.45, 7) is 5.71. The number of aromatic nitrogens is 5. The Bertz CT molecular complexity index is 1180. The van der Waals surface area contributed by atoms with E-state index < -0.39 is 12.0 Å². The molecule has 2 aromatic heterocycles. The summed E-state index contributed by atoms with van der Waals surface area (Å²) in [5, 5.41) is 27.9. The van der Waals surface area contributed by atoms with Gasteiger partial charge in [-0.1, -0.05) is 30.9 Å². The highest BCUT2D eigenvalue weighted by Crippen LogP contribution is 2.26. The summed E-state index contributed by atoms with van der Waals surface area (Å²) >= 11 is 0. The van der Waals surface area contributed by atoms with E-state index in [1.165, 1.54) is 32.1 Å². The standard InChI is InChI=1S/C31H53N11O3/c32-26(30(44)45)10-4-5-11-27(43)23-12-18-41(19-13-23)29-20-28(33)37-31(38-29)36-21-25-22-42(40-39-25)17-7-15-34-14-6-16-35-24-8-2-1-3-9-24/h20,22-24,26,34-35H,1-19,21,32H2,(H,44,45)(H3,33,36,37,38)/t26-/m0/s1. The maximum absolute atomic E-state index is 12.7. The van der Waals surface area contributed by atoms with E-state index in [1.54, 1.807) is 6.07 Å². The Hall–Kier alpha value is -3.36. The van der Waals surface area contributed by atoms with E-state index in [-0.39, 0.29) is 11.7 Å². The highest BCUT2D eigenvalue weighted by atomic mass is 16.4. The van der Waals surface area contributed by atoms with Gasteiger partial charge in [-0.25, -0.2) is 0 Å².